The van der Waals surface area contributed by atoms with Crippen LogP contribution in [-0.2, 0) is 19.2 Å². The predicted octanol–water partition coefficient (Wildman–Crippen LogP) is -0.582. The summed E-state index contributed by atoms with van der Waals surface area (Å²) < 4.78 is 0. The van der Waals surface area contributed by atoms with Crippen molar-refractivity contribution in [3.63, 3.8) is 0 Å². The summed E-state index contributed by atoms with van der Waals surface area (Å²) in [5.74, 6) is -1.25. The monoisotopic (exact) mass is 572 g/mol. The first-order valence-corrected chi connectivity index (χ1v) is 13.8. The molecule has 1 aliphatic carbocycles. The number of rotatable bonds is 10. The van der Waals surface area contributed by atoms with Crippen LogP contribution in [0.2, 0.25) is 0 Å². The number of urea groups is 1. The Morgan fingerprint density at radius 2 is 1.83 bits per heavy atom. The van der Waals surface area contributed by atoms with Gasteiger partial charge in [0, 0.05) is 25.7 Å². The molecule has 0 aromatic heterocycles. The van der Waals surface area contributed by atoms with E-state index in [-0.39, 0.29) is 24.9 Å². The Labute approximate surface area is 239 Å². The van der Waals surface area contributed by atoms with Gasteiger partial charge in [0.05, 0.1) is 24.0 Å². The number of benzene rings is 1. The number of para-hydroxylation sites is 2. The molecule has 41 heavy (non-hydrogen) atoms. The summed E-state index contributed by atoms with van der Waals surface area (Å²) in [6.07, 6.45) is 5.17. The highest BCUT2D eigenvalue weighted by Gasteiger charge is 2.35. The summed E-state index contributed by atoms with van der Waals surface area (Å²) in [4.78, 5) is 64.7. The van der Waals surface area contributed by atoms with E-state index in [4.69, 9.17) is 5.73 Å². The predicted molar refractivity (Wildman–Crippen MR) is 153 cm³/mol. The number of aliphatic hydroxyl groups is 1. The average molecular weight is 573 g/mol. The van der Waals surface area contributed by atoms with Crippen molar-refractivity contribution in [1.82, 2.24) is 21.4 Å². The lowest BCUT2D eigenvalue weighted by atomic mass is 9.81. The number of anilines is 2. The first-order valence-electron chi connectivity index (χ1n) is 13.8. The van der Waals surface area contributed by atoms with Crippen LogP contribution in [0.5, 0.6) is 0 Å². The number of hydrogen-bond acceptors (Lipinski definition) is 8. The fourth-order valence-corrected chi connectivity index (χ4v) is 5.03. The maximum atomic E-state index is 13.1. The third-order valence-electron chi connectivity index (χ3n) is 7.39. The Balaban J connectivity index is 1.52. The molecular formula is C27H40N8O6. The summed E-state index contributed by atoms with van der Waals surface area (Å²) in [5.41, 5.74) is 9.13. The molecule has 0 saturated heterocycles. The maximum Gasteiger partial charge on any atom is 0.335 e. The van der Waals surface area contributed by atoms with E-state index in [0.717, 1.165) is 25.7 Å². The minimum absolute atomic E-state index is 0.0324. The van der Waals surface area contributed by atoms with Crippen LogP contribution in [0.25, 0.3) is 0 Å². The fraction of sp³-hybridized carbons (Fsp3) is 0.556. The normalized spacial score (nSPS) is 21.5. The minimum Gasteiger partial charge on any atom is -0.387 e. The molecule has 1 aromatic carbocycles. The summed E-state index contributed by atoms with van der Waals surface area (Å²) >= 11 is 0. The zero-order valence-electron chi connectivity index (χ0n) is 23.5. The van der Waals surface area contributed by atoms with E-state index in [1.54, 1.807) is 31.3 Å². The number of carbonyl (C=O) groups is 5. The van der Waals surface area contributed by atoms with Crippen LogP contribution in [0.15, 0.2) is 29.4 Å². The van der Waals surface area contributed by atoms with E-state index < -0.39 is 42.4 Å². The van der Waals surface area contributed by atoms with Gasteiger partial charge in [-0.15, -0.1) is 0 Å². The molecule has 6 amide bonds. The van der Waals surface area contributed by atoms with E-state index in [1.165, 1.54) is 16.0 Å². The number of amides is 6. The van der Waals surface area contributed by atoms with Crippen molar-refractivity contribution in [2.24, 2.45) is 22.7 Å². The Hall–Kier alpha value is -4.04. The Kier molecular flexibility index (Phi) is 11.6. The minimum atomic E-state index is -1.09. The molecule has 14 nitrogen and oxygen atoms in total. The van der Waals surface area contributed by atoms with Crippen LogP contribution in [-0.4, -0.2) is 86.4 Å². The van der Waals surface area contributed by atoms with Crippen molar-refractivity contribution in [3.05, 3.63) is 24.3 Å². The first kappa shape index (κ1) is 31.5. The average Bonchev–Trinajstić information content (AvgIpc) is 3.09. The van der Waals surface area contributed by atoms with Gasteiger partial charge in [-0.2, -0.15) is 5.10 Å². The van der Waals surface area contributed by atoms with Crippen molar-refractivity contribution < 1.29 is 29.1 Å². The lowest BCUT2D eigenvalue weighted by Gasteiger charge is -2.27. The maximum absolute atomic E-state index is 13.1. The van der Waals surface area contributed by atoms with Gasteiger partial charge in [-0.25, -0.2) is 10.2 Å². The third kappa shape index (κ3) is 8.47. The Morgan fingerprint density at radius 3 is 2.46 bits per heavy atom. The Morgan fingerprint density at radius 1 is 1.15 bits per heavy atom. The summed E-state index contributed by atoms with van der Waals surface area (Å²) in [6.45, 7) is 1.06. The van der Waals surface area contributed by atoms with Crippen molar-refractivity contribution in [3.8, 4) is 0 Å². The largest absolute Gasteiger partial charge is 0.387 e. The zero-order valence-corrected chi connectivity index (χ0v) is 23.5. The van der Waals surface area contributed by atoms with E-state index in [1.807, 2.05) is 6.92 Å². The molecule has 0 spiro atoms. The van der Waals surface area contributed by atoms with E-state index in [2.05, 4.69) is 26.5 Å². The molecular weight excluding hydrogens is 532 g/mol. The van der Waals surface area contributed by atoms with E-state index in [9.17, 15) is 29.1 Å². The number of carbonyl (C=O) groups excluding carboxylic acids is 5. The lowest BCUT2D eigenvalue weighted by Crippen LogP contribution is -2.51. The molecule has 1 fully saturated rings. The topological polar surface area (TPSA) is 199 Å². The number of nitrogens with zero attached hydrogens (tertiary/aromatic N) is 3. The number of nitrogens with two attached hydrogens (primary N) is 1. The van der Waals surface area contributed by atoms with Crippen LogP contribution >= 0.6 is 0 Å². The SMILES string of the molecule is CC[C@@H](/C=N/NC(=O)NCC1CCC(C(=O)NC)CC1)NC(=O)CN1C(=O)[C@@H](N)CN(C(=O)CO)c2ccccc21. The van der Waals surface area contributed by atoms with Crippen molar-refractivity contribution in [2.75, 3.05) is 43.1 Å². The standard InChI is InChI=1S/C27H40N8O6/c1-3-19(13-31-33-27(41)30-12-17-8-10-18(11-9-17)25(39)29-2)32-23(37)15-35-22-7-5-4-6-21(22)34(24(38)16-36)14-20(28)26(35)40/h4-7,13,17-20,36H,3,8-12,14-16,28H2,1-2H3,(H,29,39)(H,32,37)(H2,30,33,41)/b31-13+/t17?,18?,19-,20-/m0/s1. The van der Waals surface area contributed by atoms with Gasteiger partial charge in [-0.3, -0.25) is 24.1 Å². The summed E-state index contributed by atoms with van der Waals surface area (Å²) in [6, 6.07) is 4.48. The second-order valence-electron chi connectivity index (χ2n) is 10.2. The van der Waals surface area contributed by atoms with Crippen molar-refractivity contribution in [2.45, 2.75) is 51.1 Å². The molecule has 1 aliphatic heterocycles. The smallest absolute Gasteiger partial charge is 0.335 e. The number of nitrogens with one attached hydrogen (secondary N) is 4. The number of fused-ring (bicyclic) bond motifs is 1. The molecule has 224 valence electrons. The van der Waals surface area contributed by atoms with Crippen LogP contribution in [0.1, 0.15) is 39.0 Å². The fourth-order valence-electron chi connectivity index (χ4n) is 5.03. The molecule has 0 bridgehead atoms. The van der Waals surface area contributed by atoms with Crippen LogP contribution < -0.4 is 36.9 Å². The molecule has 0 radical (unpaired) electrons. The molecule has 1 heterocycles. The van der Waals surface area contributed by atoms with Gasteiger partial charge < -0.3 is 31.7 Å². The first-order chi connectivity index (χ1) is 19.7. The zero-order chi connectivity index (χ0) is 29.9. The van der Waals surface area contributed by atoms with Gasteiger partial charge in [0.25, 0.3) is 5.91 Å². The second-order valence-corrected chi connectivity index (χ2v) is 10.2. The number of aliphatic hydroxyl groups excluding tert-OH is 1. The molecule has 0 unspecified atom stereocenters. The number of hydrogen-bond donors (Lipinski definition) is 6. The highest BCUT2D eigenvalue weighted by molar-refractivity contribution is 6.09. The summed E-state index contributed by atoms with van der Waals surface area (Å²) in [5, 5.41) is 21.6. The van der Waals surface area contributed by atoms with Crippen LogP contribution in [0.3, 0.4) is 0 Å². The lowest BCUT2D eigenvalue weighted by molar-refractivity contribution is -0.125. The number of hydrazone groups is 1. The highest BCUT2D eigenvalue weighted by Crippen LogP contribution is 2.32. The molecule has 2 atom stereocenters. The van der Waals surface area contributed by atoms with Gasteiger partial charge in [-0.1, -0.05) is 19.1 Å². The molecule has 3 rings (SSSR count). The van der Waals surface area contributed by atoms with E-state index in [0.29, 0.717) is 30.3 Å². The van der Waals surface area contributed by atoms with Gasteiger partial charge in [0.2, 0.25) is 17.7 Å². The van der Waals surface area contributed by atoms with Gasteiger partial charge in [-0.05, 0) is 50.2 Å². The highest BCUT2D eigenvalue weighted by atomic mass is 16.3. The third-order valence-corrected chi connectivity index (χ3v) is 7.39. The second kappa shape index (κ2) is 15.1. The molecule has 7 N–H and O–H groups in total. The van der Waals surface area contributed by atoms with Gasteiger partial charge in [0.15, 0.2) is 0 Å². The van der Waals surface area contributed by atoms with Crippen LogP contribution in [0.4, 0.5) is 16.2 Å². The van der Waals surface area contributed by atoms with Gasteiger partial charge in [0.1, 0.15) is 19.2 Å². The van der Waals surface area contributed by atoms with Crippen molar-refractivity contribution >= 4 is 47.2 Å². The summed E-state index contributed by atoms with van der Waals surface area (Å²) in [7, 11) is 1.64. The molecule has 1 saturated carbocycles. The van der Waals surface area contributed by atoms with Crippen molar-refractivity contribution in [1.29, 1.82) is 0 Å². The Bertz CT molecular complexity index is 1140. The van der Waals surface area contributed by atoms with Crippen LogP contribution in [0, 0.1) is 11.8 Å². The molecule has 2 aliphatic rings. The van der Waals surface area contributed by atoms with E-state index >= 15 is 0 Å². The molecule has 14 heteroatoms. The van der Waals surface area contributed by atoms with Gasteiger partial charge >= 0.3 is 6.03 Å². The quantitative estimate of drug-likeness (QED) is 0.159. The molecule has 1 aromatic rings.